The minimum Gasteiger partial charge on any atom is -0.744 e. The number of nitrogens with zero attached hydrogens (tertiary/aromatic N) is 3. The molecule has 1 aromatic heterocycles. The van der Waals surface area contributed by atoms with Gasteiger partial charge in [-0.2, -0.15) is 18.2 Å². The maximum atomic E-state index is 14.3. The summed E-state index contributed by atoms with van der Waals surface area (Å²) in [7, 11) is -13.5. The van der Waals surface area contributed by atoms with Crippen LogP contribution in [0.1, 0.15) is 126 Å². The molecule has 0 bridgehead atoms. The van der Waals surface area contributed by atoms with Gasteiger partial charge in [-0.05, 0) is 88.3 Å². The number of amides is 1. The third kappa shape index (κ3) is 24.5. The van der Waals surface area contributed by atoms with Gasteiger partial charge in [-0.15, -0.1) is 23.1 Å². The van der Waals surface area contributed by atoms with E-state index in [-0.39, 0.29) is 184 Å². The zero-order valence-electron chi connectivity index (χ0n) is 53.2. The molecule has 4 fully saturated rings. The number of esters is 1. The number of carbonyl (C=O) groups excluding carboxylic acids is 4. The number of aryl methyl sites for hydroxylation is 2. The monoisotopic (exact) mass is 1410 g/mol. The van der Waals surface area contributed by atoms with Crippen molar-refractivity contribution < 1.29 is 235 Å². The van der Waals surface area contributed by atoms with Crippen LogP contribution in [0.2, 0.25) is 0 Å². The molecular weight excluding hydrogens is 1340 g/mol. The van der Waals surface area contributed by atoms with Crippen molar-refractivity contribution in [2.24, 2.45) is 17.8 Å². The number of aliphatic carboxylic acids is 1. The average molecular weight is 1420 g/mol. The zero-order valence-corrected chi connectivity index (χ0v) is 63.7. The van der Waals surface area contributed by atoms with E-state index in [1.54, 1.807) is 29.1 Å². The smallest absolute Gasteiger partial charge is 0.744 e. The van der Waals surface area contributed by atoms with Gasteiger partial charge in [0.15, 0.2) is 18.7 Å². The predicted molar refractivity (Wildman–Crippen MR) is 304 cm³/mol. The summed E-state index contributed by atoms with van der Waals surface area (Å²) in [5.41, 5.74) is 0.606. The van der Waals surface area contributed by atoms with Crippen LogP contribution in [0.25, 0.3) is 10.8 Å². The number of ether oxygens (including phenoxy) is 6. The fourth-order valence-corrected chi connectivity index (χ4v) is 13.3. The van der Waals surface area contributed by atoms with E-state index in [1.165, 1.54) is 31.2 Å². The molecule has 29 nitrogen and oxygen atoms in total. The van der Waals surface area contributed by atoms with E-state index in [4.69, 9.17) is 41.0 Å². The number of anilines is 1. The number of nitrogens with one attached hydrogen (secondary N) is 1. The van der Waals surface area contributed by atoms with Crippen LogP contribution in [0.5, 0.6) is 0 Å². The van der Waals surface area contributed by atoms with Crippen molar-refractivity contribution in [2.75, 3.05) is 11.9 Å². The normalized spacial score (nSPS) is 26.6. The van der Waals surface area contributed by atoms with Crippen LogP contribution in [-0.2, 0) is 86.6 Å². The Balaban J connectivity index is 0.00000280. The van der Waals surface area contributed by atoms with Crippen LogP contribution in [0.3, 0.4) is 0 Å². The fourth-order valence-electron chi connectivity index (χ4n) is 12.0. The van der Waals surface area contributed by atoms with Gasteiger partial charge in [0.1, 0.15) is 62.6 Å². The number of carbonyl (C=O) groups is 4. The quantitative estimate of drug-likeness (QED) is 0.0106. The first kappa shape index (κ1) is 86.4. The third-order valence-electron chi connectivity index (χ3n) is 16.6. The standard InChI is InChI=1S/C58H77N4O22S2.4Na.O3S/c1-3-34-26-37(41(64)22-11-10-20-38-30-62(61-60-38)24-13-12-23-46(65)59-40-21-14-19-36-27-39(85(73,74)75)29-45(47(36)40)86(76,77)78)28-42(52(34)84-57-51(69)50(68)48(66)32(2)79-57)81-58-54(83-56(72)35-17-8-5-9-18-35)53(49(67)44(31-63)82-58)80-43(55(70)71)25-33-15-6-4-7-16-33;;;;;1-4(2)3/h5,8-9,17-19,21,27,29-30,32-34,37,42-44,48-54,57-58,63,66-69H,3-4,6-7,10-13,15-16,20,22-26,28,31H2,1-2H3,(H,59,65)(H,70,71)(H,73,74,75)(H,76,77,78);;;;;/q-1;4*+1;/p-3/t32?,34?,37?,42?,43-,44?,48?,49?,50?,51?,52?,53?,54?,57?,58?;;;;;/m0...../s1. The van der Waals surface area contributed by atoms with Crippen molar-refractivity contribution in [3.63, 3.8) is 0 Å². The Morgan fingerprint density at radius 1 is 0.809 bits per heavy atom. The SMILES string of the molecule is CCC1CC(C(=O)CCCCc2cn(CCCCC(=O)Nc3c[c-]cc4cc(S(=O)(=O)[O-])cc(S(=O)(=O)[O-])c34)nn2)CC(OC2OC(CO)C(O)C(O[C@@H](CC3CCCCC3)C(=O)[O-])C2OC(=O)c2ccccc2)C1OC1OC(C)C(O)C(O)C1O.O=S(=O)=O.[Na+].[Na+].[Na+].[Na+]. The number of fused-ring (bicyclic) bond motifs is 1. The Morgan fingerprint density at radius 3 is 2.11 bits per heavy atom. The number of carboxylic acids is 1. The van der Waals surface area contributed by atoms with E-state index in [1.807, 2.05) is 6.92 Å². The molecule has 3 heterocycles. The molecule has 14 unspecified atom stereocenters. The van der Waals surface area contributed by atoms with Crippen molar-refractivity contribution in [3.05, 3.63) is 78.1 Å². The van der Waals surface area contributed by atoms with Crippen LogP contribution in [0, 0.1) is 23.8 Å². The average Bonchev–Trinajstić information content (AvgIpc) is 0.863. The van der Waals surface area contributed by atoms with E-state index in [9.17, 15) is 75.8 Å². The minimum atomic E-state index is -5.30. The number of aromatic nitrogens is 3. The molecule has 94 heavy (non-hydrogen) atoms. The molecule has 8 rings (SSSR count). The Labute approximate surface area is 634 Å². The second-order valence-corrected chi connectivity index (χ2v) is 26.0. The summed E-state index contributed by atoms with van der Waals surface area (Å²) in [6, 6.07) is 14.2. The summed E-state index contributed by atoms with van der Waals surface area (Å²) in [6.07, 6.45) is -10.4. The summed E-state index contributed by atoms with van der Waals surface area (Å²) in [5, 5.41) is 78.2. The van der Waals surface area contributed by atoms with E-state index in [0.717, 1.165) is 38.2 Å². The van der Waals surface area contributed by atoms with Crippen molar-refractivity contribution >= 4 is 70.9 Å². The van der Waals surface area contributed by atoms with Crippen LogP contribution >= 0.6 is 0 Å². The summed E-state index contributed by atoms with van der Waals surface area (Å²) < 4.78 is 136. The van der Waals surface area contributed by atoms with Crippen LogP contribution < -0.4 is 129 Å². The van der Waals surface area contributed by atoms with E-state index < -0.39 is 157 Å². The largest absolute Gasteiger partial charge is 1.00 e. The summed E-state index contributed by atoms with van der Waals surface area (Å²) in [4.78, 5) is 52.1. The molecular formula is C58H74N4Na4O25S3. The minimum absolute atomic E-state index is 0. The van der Waals surface area contributed by atoms with Gasteiger partial charge in [-0.3, -0.25) is 14.3 Å². The molecule has 0 radical (unpaired) electrons. The van der Waals surface area contributed by atoms with Gasteiger partial charge >= 0.3 is 135 Å². The molecule has 36 heteroatoms. The molecule has 498 valence electrons. The summed E-state index contributed by atoms with van der Waals surface area (Å²) >= 11 is 0. The van der Waals surface area contributed by atoms with Gasteiger partial charge in [0.25, 0.3) is 0 Å². The van der Waals surface area contributed by atoms with Gasteiger partial charge in [0, 0.05) is 41.3 Å². The Hall–Kier alpha value is -1.82. The second-order valence-electron chi connectivity index (χ2n) is 22.9. The number of benzene rings is 3. The van der Waals surface area contributed by atoms with Gasteiger partial charge in [0.2, 0.25) is 5.91 Å². The number of ketones is 1. The molecule has 2 aliphatic heterocycles. The van der Waals surface area contributed by atoms with E-state index >= 15 is 0 Å². The number of aliphatic hydroxyl groups excluding tert-OH is 5. The number of carboxylic acid groups (broad SMARTS) is 1. The van der Waals surface area contributed by atoms with Crippen molar-refractivity contribution in [2.45, 2.75) is 213 Å². The first-order valence-electron chi connectivity index (χ1n) is 29.6. The fraction of sp³-hybridized carbons (Fsp3) is 0.621. The maximum absolute atomic E-state index is 14.3. The molecule has 15 atom stereocenters. The Kier molecular flexibility index (Phi) is 37.3. The van der Waals surface area contributed by atoms with Crippen LogP contribution in [0.4, 0.5) is 5.69 Å². The number of rotatable bonds is 27. The van der Waals surface area contributed by atoms with Crippen molar-refractivity contribution in [1.29, 1.82) is 0 Å². The van der Waals surface area contributed by atoms with Gasteiger partial charge in [-0.1, -0.05) is 86.0 Å². The molecule has 0 spiro atoms. The van der Waals surface area contributed by atoms with Gasteiger partial charge < -0.3 is 78.3 Å². The maximum Gasteiger partial charge on any atom is 1.00 e. The zero-order chi connectivity index (χ0) is 65.6. The molecule has 4 aromatic rings. The molecule has 6 N–H and O–H groups in total. The third-order valence-corrected chi connectivity index (χ3v) is 18.3. The predicted octanol–water partition coefficient (Wildman–Crippen LogP) is -11.0. The number of aliphatic hydroxyl groups is 5. The molecule has 2 saturated heterocycles. The van der Waals surface area contributed by atoms with Gasteiger partial charge in [0.05, 0.1) is 48.2 Å². The molecule has 3 aromatic carbocycles. The number of unbranched alkanes of at least 4 members (excludes halogenated alkanes) is 2. The number of hydrogen-bond acceptors (Lipinski definition) is 27. The second kappa shape index (κ2) is 40.6. The summed E-state index contributed by atoms with van der Waals surface area (Å²) in [5.74, 6) is -4.33. The topological polar surface area (TPSA) is 456 Å². The van der Waals surface area contributed by atoms with E-state index in [2.05, 4.69) is 21.7 Å². The Bertz CT molecular complexity index is 3450. The van der Waals surface area contributed by atoms with Crippen molar-refractivity contribution in [3.8, 4) is 0 Å². The first-order valence-corrected chi connectivity index (χ1v) is 33.4. The summed E-state index contributed by atoms with van der Waals surface area (Å²) in [6.45, 7) is 2.90. The molecule has 2 saturated carbocycles. The van der Waals surface area contributed by atoms with Gasteiger partial charge in [-0.25, -0.2) is 21.6 Å². The van der Waals surface area contributed by atoms with Crippen LogP contribution in [-0.4, -0.2) is 189 Å². The Morgan fingerprint density at radius 2 is 1.48 bits per heavy atom. The molecule has 4 aliphatic rings. The number of Topliss-reactive ketones (excluding diaryl/α,β-unsaturated/α-hetero) is 1. The van der Waals surface area contributed by atoms with E-state index in [0.29, 0.717) is 56.8 Å². The van der Waals surface area contributed by atoms with Crippen molar-refractivity contribution in [1.82, 2.24) is 15.0 Å². The first-order chi connectivity index (χ1) is 42.7. The number of hydrogen-bond donors (Lipinski definition) is 6. The molecule has 1 amide bonds. The van der Waals surface area contributed by atoms with Crippen LogP contribution in [0.15, 0.2) is 70.6 Å². The molecule has 2 aliphatic carbocycles.